The van der Waals surface area contributed by atoms with Crippen LogP contribution < -0.4 is 0 Å². The van der Waals surface area contributed by atoms with Gasteiger partial charge in [0.25, 0.3) is 5.91 Å². The maximum atomic E-state index is 13.2. The first-order valence-corrected chi connectivity index (χ1v) is 9.99. The molecule has 2 aromatic rings. The number of alkyl halides is 2. The second-order valence-electron chi connectivity index (χ2n) is 7.62. The van der Waals surface area contributed by atoms with Crippen LogP contribution in [0.1, 0.15) is 47.9 Å². The minimum absolute atomic E-state index is 0.0119. The molecule has 4 heterocycles. The highest BCUT2D eigenvalue weighted by Gasteiger charge is 2.39. The quantitative estimate of drug-likeness (QED) is 0.758. The van der Waals surface area contributed by atoms with E-state index < -0.39 is 6.55 Å². The van der Waals surface area contributed by atoms with Gasteiger partial charge in [0.05, 0.1) is 24.9 Å². The largest absolute Gasteiger partial charge is 0.373 e. The third-order valence-electron chi connectivity index (χ3n) is 5.59. The standard InChI is InChI=1S/C19H26F2N6O2/c1-24-12-14(11-22-24)17-16(13-25-6-3-2-4-7-25)29-10-9-26(17)18(28)15-5-8-27(23-15)19(20)21/h5,8,11-12,16-17,19H,2-4,6-7,9-10,13H2,1H3/t16-,17-/m0/s1. The predicted octanol–water partition coefficient (Wildman–Crippen LogP) is 2.08. The number of morpholine rings is 1. The lowest BCUT2D eigenvalue weighted by Gasteiger charge is -2.42. The molecule has 1 amide bonds. The van der Waals surface area contributed by atoms with Gasteiger partial charge in [0.2, 0.25) is 0 Å². The Bertz CT molecular complexity index is 832. The second kappa shape index (κ2) is 8.58. The molecule has 2 saturated heterocycles. The highest BCUT2D eigenvalue weighted by molar-refractivity contribution is 5.92. The molecule has 0 aliphatic carbocycles. The molecule has 0 unspecified atom stereocenters. The van der Waals surface area contributed by atoms with Gasteiger partial charge in [0.1, 0.15) is 0 Å². The Morgan fingerprint density at radius 2 is 2.07 bits per heavy atom. The summed E-state index contributed by atoms with van der Waals surface area (Å²) in [6, 6.07) is 0.993. The topological polar surface area (TPSA) is 68.4 Å². The molecule has 4 rings (SSSR count). The first-order chi connectivity index (χ1) is 14.0. The van der Waals surface area contributed by atoms with Crippen molar-refractivity contribution in [2.45, 2.75) is 38.0 Å². The van der Waals surface area contributed by atoms with E-state index >= 15 is 0 Å². The zero-order valence-corrected chi connectivity index (χ0v) is 16.5. The van der Waals surface area contributed by atoms with E-state index in [1.807, 2.05) is 13.2 Å². The molecular formula is C19H26F2N6O2. The fraction of sp³-hybridized carbons (Fsp3) is 0.632. The molecule has 2 atom stereocenters. The van der Waals surface area contributed by atoms with Crippen molar-refractivity contribution >= 4 is 5.91 Å². The zero-order chi connectivity index (χ0) is 20.4. The summed E-state index contributed by atoms with van der Waals surface area (Å²) in [6.07, 6.45) is 8.10. The van der Waals surface area contributed by atoms with Gasteiger partial charge in [-0.25, -0.2) is 4.68 Å². The highest BCUT2D eigenvalue weighted by atomic mass is 19.3. The van der Waals surface area contributed by atoms with Crippen LogP contribution in [0.25, 0.3) is 0 Å². The highest BCUT2D eigenvalue weighted by Crippen LogP contribution is 2.32. The van der Waals surface area contributed by atoms with Crippen LogP contribution in [-0.2, 0) is 11.8 Å². The number of hydrogen-bond acceptors (Lipinski definition) is 5. The van der Waals surface area contributed by atoms with Crippen molar-refractivity contribution < 1.29 is 18.3 Å². The van der Waals surface area contributed by atoms with E-state index in [4.69, 9.17) is 4.74 Å². The minimum Gasteiger partial charge on any atom is -0.373 e. The lowest BCUT2D eigenvalue weighted by molar-refractivity contribution is -0.0743. The number of nitrogens with zero attached hydrogens (tertiary/aromatic N) is 6. The smallest absolute Gasteiger partial charge is 0.333 e. The molecule has 2 fully saturated rings. The molecule has 0 aromatic carbocycles. The summed E-state index contributed by atoms with van der Waals surface area (Å²) >= 11 is 0. The van der Waals surface area contributed by atoms with Gasteiger partial charge in [0, 0.05) is 38.1 Å². The number of carbonyl (C=O) groups is 1. The van der Waals surface area contributed by atoms with Crippen molar-refractivity contribution in [1.82, 2.24) is 29.4 Å². The van der Waals surface area contributed by atoms with Crippen LogP contribution in [0.3, 0.4) is 0 Å². The van der Waals surface area contributed by atoms with Crippen LogP contribution in [0.15, 0.2) is 24.7 Å². The van der Waals surface area contributed by atoms with E-state index in [2.05, 4.69) is 15.1 Å². The first-order valence-electron chi connectivity index (χ1n) is 9.99. The molecule has 2 aliphatic heterocycles. The summed E-state index contributed by atoms with van der Waals surface area (Å²) in [4.78, 5) is 17.2. The summed E-state index contributed by atoms with van der Waals surface area (Å²) in [7, 11) is 1.82. The monoisotopic (exact) mass is 408 g/mol. The van der Waals surface area contributed by atoms with Gasteiger partial charge in [-0.15, -0.1) is 0 Å². The number of rotatable bonds is 5. The molecule has 0 spiro atoms. The number of carbonyl (C=O) groups excluding carboxylic acids is 1. The summed E-state index contributed by atoms with van der Waals surface area (Å²) in [6.45, 7) is 0.753. The van der Waals surface area contributed by atoms with Gasteiger partial charge in [-0.3, -0.25) is 9.48 Å². The average molecular weight is 408 g/mol. The Kier molecular flexibility index (Phi) is 5.91. The molecule has 158 valence electrons. The average Bonchev–Trinajstić information content (AvgIpc) is 3.37. The van der Waals surface area contributed by atoms with E-state index in [-0.39, 0.29) is 23.7 Å². The van der Waals surface area contributed by atoms with Crippen molar-refractivity contribution in [1.29, 1.82) is 0 Å². The number of aryl methyl sites for hydroxylation is 1. The molecule has 10 heteroatoms. The first kappa shape index (κ1) is 20.0. The Labute approximate surface area is 168 Å². The molecule has 0 radical (unpaired) electrons. The maximum absolute atomic E-state index is 13.2. The van der Waals surface area contributed by atoms with Crippen LogP contribution in [0, 0.1) is 0 Å². The van der Waals surface area contributed by atoms with E-state index in [0.29, 0.717) is 17.8 Å². The lowest BCUT2D eigenvalue weighted by Crippen LogP contribution is -2.52. The van der Waals surface area contributed by atoms with E-state index in [1.165, 1.54) is 12.5 Å². The van der Waals surface area contributed by atoms with Crippen molar-refractivity contribution in [3.05, 3.63) is 35.9 Å². The van der Waals surface area contributed by atoms with E-state index in [1.54, 1.807) is 15.8 Å². The molecule has 2 aliphatic rings. The Balaban J connectivity index is 1.60. The Morgan fingerprint density at radius 1 is 1.28 bits per heavy atom. The van der Waals surface area contributed by atoms with Crippen LogP contribution in [-0.4, -0.2) is 74.2 Å². The number of aromatic nitrogens is 4. The van der Waals surface area contributed by atoms with Crippen LogP contribution >= 0.6 is 0 Å². The number of amides is 1. The maximum Gasteiger partial charge on any atom is 0.333 e. The third-order valence-corrected chi connectivity index (χ3v) is 5.59. The van der Waals surface area contributed by atoms with Gasteiger partial charge in [0.15, 0.2) is 5.69 Å². The number of likely N-dealkylation sites (tertiary alicyclic amines) is 1. The van der Waals surface area contributed by atoms with Gasteiger partial charge in [-0.05, 0) is 32.0 Å². The van der Waals surface area contributed by atoms with E-state index in [9.17, 15) is 13.6 Å². The number of piperidine rings is 1. The van der Waals surface area contributed by atoms with Gasteiger partial charge < -0.3 is 14.5 Å². The molecule has 0 saturated carbocycles. The normalized spacial score (nSPS) is 23.7. The SMILES string of the molecule is Cn1cc([C@H]2[C@H](CN3CCCCC3)OCCN2C(=O)c2ccn(C(F)F)n2)cn1. The molecule has 0 bridgehead atoms. The van der Waals surface area contributed by atoms with Crippen LogP contribution in [0.2, 0.25) is 0 Å². The third kappa shape index (κ3) is 4.32. The summed E-state index contributed by atoms with van der Waals surface area (Å²) in [5.74, 6) is -0.370. The van der Waals surface area contributed by atoms with Gasteiger partial charge in [-0.2, -0.15) is 19.0 Å². The van der Waals surface area contributed by atoms with Gasteiger partial charge >= 0.3 is 6.55 Å². The van der Waals surface area contributed by atoms with Crippen molar-refractivity contribution in [3.8, 4) is 0 Å². The van der Waals surface area contributed by atoms with Crippen molar-refractivity contribution in [2.75, 3.05) is 32.8 Å². The van der Waals surface area contributed by atoms with Crippen molar-refractivity contribution in [3.63, 3.8) is 0 Å². The molecule has 8 nitrogen and oxygen atoms in total. The van der Waals surface area contributed by atoms with Gasteiger partial charge in [-0.1, -0.05) is 6.42 Å². The molecular weight excluding hydrogens is 382 g/mol. The van der Waals surface area contributed by atoms with E-state index in [0.717, 1.165) is 44.2 Å². The summed E-state index contributed by atoms with van der Waals surface area (Å²) in [5.41, 5.74) is 0.883. The Morgan fingerprint density at radius 3 is 2.72 bits per heavy atom. The van der Waals surface area contributed by atoms with Crippen LogP contribution in [0.4, 0.5) is 8.78 Å². The second-order valence-corrected chi connectivity index (χ2v) is 7.62. The molecule has 29 heavy (non-hydrogen) atoms. The molecule has 2 aromatic heterocycles. The zero-order valence-electron chi connectivity index (χ0n) is 16.5. The van der Waals surface area contributed by atoms with Crippen LogP contribution in [0.5, 0.6) is 0 Å². The lowest BCUT2D eigenvalue weighted by atomic mass is 9.99. The molecule has 0 N–H and O–H groups in total. The minimum atomic E-state index is -2.78. The summed E-state index contributed by atoms with van der Waals surface area (Å²) in [5, 5.41) is 8.02. The number of ether oxygens (including phenoxy) is 1. The Hall–Kier alpha value is -2.33. The number of hydrogen-bond donors (Lipinski definition) is 0. The summed E-state index contributed by atoms with van der Waals surface area (Å²) < 4.78 is 34.1. The van der Waals surface area contributed by atoms with Crippen molar-refractivity contribution in [2.24, 2.45) is 7.05 Å². The fourth-order valence-corrected chi connectivity index (χ4v) is 4.21. The number of halogens is 2. The fourth-order valence-electron chi connectivity index (χ4n) is 4.21. The predicted molar refractivity (Wildman–Crippen MR) is 100 cm³/mol.